The first-order chi connectivity index (χ1) is 25.7. The van der Waals surface area contributed by atoms with Crippen LogP contribution in [0, 0.1) is 11.3 Å². The Morgan fingerprint density at radius 3 is 1.88 bits per heavy atom. The molecule has 0 bridgehead atoms. The molecule has 52 heavy (non-hydrogen) atoms. The Bertz CT molecular complexity index is 2480. The zero-order valence-electron chi connectivity index (χ0n) is 28.4. The van der Waals surface area contributed by atoms with Gasteiger partial charge in [-0.05, 0) is 80.1 Å². The van der Waals surface area contributed by atoms with Gasteiger partial charge in [-0.3, -0.25) is 5.32 Å². The highest BCUT2D eigenvalue weighted by molar-refractivity contribution is 6.05. The summed E-state index contributed by atoms with van der Waals surface area (Å²) < 4.78 is 0. The van der Waals surface area contributed by atoms with E-state index < -0.39 is 0 Å². The van der Waals surface area contributed by atoms with Crippen LogP contribution in [0.1, 0.15) is 57.3 Å². The van der Waals surface area contributed by atoms with Crippen LogP contribution in [0.25, 0.3) is 27.5 Å². The first kappa shape index (κ1) is 31.3. The molecular weight excluding hydrogens is 635 g/mol. The Hall–Kier alpha value is -6.74. The number of nitrogens with one attached hydrogen (secondary N) is 3. The second-order valence-corrected chi connectivity index (χ2v) is 13.2. The minimum absolute atomic E-state index is 0.0282. The summed E-state index contributed by atoms with van der Waals surface area (Å²) in [5.41, 5.74) is 12.1. The lowest BCUT2D eigenvalue weighted by Crippen LogP contribution is -2.44. The lowest BCUT2D eigenvalue weighted by molar-refractivity contribution is 0.409. The van der Waals surface area contributed by atoms with Crippen molar-refractivity contribution in [1.29, 1.82) is 5.26 Å². The van der Waals surface area contributed by atoms with Crippen molar-refractivity contribution in [2.45, 2.75) is 18.4 Å². The average molecular weight is 670 g/mol. The van der Waals surface area contributed by atoms with E-state index >= 15 is 0 Å². The third-order valence-electron chi connectivity index (χ3n) is 10.0. The van der Waals surface area contributed by atoms with Gasteiger partial charge >= 0.3 is 0 Å². The number of benzene rings is 7. The van der Waals surface area contributed by atoms with Crippen LogP contribution in [0.15, 0.2) is 181 Å². The van der Waals surface area contributed by atoms with E-state index in [-0.39, 0.29) is 18.4 Å². The molecular formula is C47H35N5. The maximum absolute atomic E-state index is 9.35. The van der Waals surface area contributed by atoms with Crippen molar-refractivity contribution in [2.75, 3.05) is 5.32 Å². The molecule has 248 valence electrons. The van der Waals surface area contributed by atoms with E-state index in [4.69, 9.17) is 4.99 Å². The number of amidine groups is 1. The lowest BCUT2D eigenvalue weighted by Gasteiger charge is -2.32. The molecule has 7 aromatic rings. The maximum Gasteiger partial charge on any atom is 0.131 e. The number of nitriles is 1. The van der Waals surface area contributed by atoms with E-state index in [1.807, 2.05) is 48.5 Å². The number of aliphatic imine (C=N–C) groups is 1. The van der Waals surface area contributed by atoms with Gasteiger partial charge in [0.1, 0.15) is 18.2 Å². The molecule has 0 fully saturated rings. The molecule has 0 amide bonds. The van der Waals surface area contributed by atoms with Gasteiger partial charge in [-0.25, -0.2) is 4.99 Å². The van der Waals surface area contributed by atoms with Gasteiger partial charge in [0.2, 0.25) is 0 Å². The predicted octanol–water partition coefficient (Wildman–Crippen LogP) is 10.3. The summed E-state index contributed by atoms with van der Waals surface area (Å²) in [6.07, 6.45) is 2.02. The van der Waals surface area contributed by atoms with Crippen LogP contribution >= 0.6 is 0 Å². The number of hydrogen-bond acceptors (Lipinski definition) is 5. The number of hydrogen-bond donors (Lipinski definition) is 3. The molecule has 0 saturated carbocycles. The molecule has 7 aromatic carbocycles. The molecule has 0 saturated heterocycles. The van der Waals surface area contributed by atoms with Crippen molar-refractivity contribution in [3.05, 3.63) is 215 Å². The molecule has 0 aliphatic carbocycles. The first-order valence-electron chi connectivity index (χ1n) is 17.6. The minimum Gasteiger partial charge on any atom is -0.374 e. The monoisotopic (exact) mass is 669 g/mol. The van der Waals surface area contributed by atoms with Crippen molar-refractivity contribution < 1.29 is 0 Å². The topological polar surface area (TPSA) is 72.2 Å². The van der Waals surface area contributed by atoms with Crippen LogP contribution in [0.3, 0.4) is 0 Å². The van der Waals surface area contributed by atoms with Gasteiger partial charge in [0, 0.05) is 16.8 Å². The van der Waals surface area contributed by atoms with E-state index in [2.05, 4.69) is 149 Å². The summed E-state index contributed by atoms with van der Waals surface area (Å²) in [7, 11) is 0. The molecule has 0 aromatic heterocycles. The third kappa shape index (κ3) is 6.02. The highest BCUT2D eigenvalue weighted by Gasteiger charge is 2.26. The number of nitrogens with zero attached hydrogens (tertiary/aromatic N) is 2. The molecule has 5 heteroatoms. The van der Waals surface area contributed by atoms with Crippen molar-refractivity contribution in [3.8, 4) is 17.2 Å². The summed E-state index contributed by atoms with van der Waals surface area (Å²) in [6, 6.07) is 61.4. The van der Waals surface area contributed by atoms with Gasteiger partial charge < -0.3 is 10.6 Å². The number of fused-ring (bicyclic) bond motifs is 3. The Labute approximate surface area is 303 Å². The molecule has 3 atom stereocenters. The molecule has 2 aliphatic rings. The SMILES string of the molecule is N#Cc1ccc(C2C=C(c3ccccc3)c3c(ccc4ccc(-c5ccc(C6NC(c7ccccc7)=NC(c7ccccc7)N6)cc5)cc34)N2)cc1. The molecule has 5 nitrogen and oxygen atoms in total. The van der Waals surface area contributed by atoms with Crippen LogP contribution in [0.5, 0.6) is 0 Å². The number of anilines is 1. The average Bonchev–Trinajstić information content (AvgIpc) is 3.24. The second kappa shape index (κ2) is 13.5. The molecule has 9 rings (SSSR count). The summed E-state index contributed by atoms with van der Waals surface area (Å²) in [6.45, 7) is 0. The summed E-state index contributed by atoms with van der Waals surface area (Å²) in [5.74, 6) is 0.874. The smallest absolute Gasteiger partial charge is 0.131 e. The fourth-order valence-electron chi connectivity index (χ4n) is 7.32. The van der Waals surface area contributed by atoms with E-state index in [9.17, 15) is 5.26 Å². The Morgan fingerprint density at radius 2 is 1.17 bits per heavy atom. The summed E-state index contributed by atoms with van der Waals surface area (Å²) in [5, 5.41) is 22.9. The van der Waals surface area contributed by atoms with Crippen molar-refractivity contribution in [2.24, 2.45) is 4.99 Å². The quantitative estimate of drug-likeness (QED) is 0.165. The van der Waals surface area contributed by atoms with Gasteiger partial charge in [-0.2, -0.15) is 5.26 Å². The second-order valence-electron chi connectivity index (χ2n) is 13.2. The largest absolute Gasteiger partial charge is 0.374 e. The molecule has 3 unspecified atom stereocenters. The van der Waals surface area contributed by atoms with Gasteiger partial charge in [-0.1, -0.05) is 146 Å². The zero-order chi connectivity index (χ0) is 34.9. The van der Waals surface area contributed by atoms with Crippen LogP contribution in [-0.4, -0.2) is 5.84 Å². The third-order valence-corrected chi connectivity index (χ3v) is 10.0. The normalized spacial score (nSPS) is 17.9. The van der Waals surface area contributed by atoms with Crippen molar-refractivity contribution >= 4 is 27.9 Å². The van der Waals surface area contributed by atoms with Crippen LogP contribution < -0.4 is 16.0 Å². The van der Waals surface area contributed by atoms with Crippen molar-refractivity contribution in [1.82, 2.24) is 10.6 Å². The Balaban J connectivity index is 1.06. The lowest BCUT2D eigenvalue weighted by atomic mass is 9.85. The van der Waals surface area contributed by atoms with Crippen LogP contribution in [-0.2, 0) is 0 Å². The predicted molar refractivity (Wildman–Crippen MR) is 212 cm³/mol. The molecule has 2 heterocycles. The van der Waals surface area contributed by atoms with Crippen LogP contribution in [0.4, 0.5) is 5.69 Å². The molecule has 3 N–H and O–H groups in total. The number of rotatable bonds is 6. The summed E-state index contributed by atoms with van der Waals surface area (Å²) >= 11 is 0. The molecule has 0 radical (unpaired) electrons. The van der Waals surface area contributed by atoms with Crippen LogP contribution in [0.2, 0.25) is 0 Å². The van der Waals surface area contributed by atoms with Gasteiger partial charge in [0.25, 0.3) is 0 Å². The Morgan fingerprint density at radius 1 is 0.538 bits per heavy atom. The fourth-order valence-corrected chi connectivity index (χ4v) is 7.32. The van der Waals surface area contributed by atoms with Gasteiger partial charge in [-0.15, -0.1) is 0 Å². The first-order valence-corrected chi connectivity index (χ1v) is 17.6. The maximum atomic E-state index is 9.35. The standard InChI is InChI=1S/C47H35N5/c48-30-31-16-18-35(19-17-31)43-29-41(33-10-4-1-5-11-33)44-40-28-39(25-22-34(40)26-27-42(44)49-43)32-20-23-38(24-21-32)47-51-45(36-12-6-2-7-13-36)50-46(52-47)37-14-8-3-9-15-37/h1-29,43,45,47,49,51H,(H,50,52). The fraction of sp³-hybridized carbons (Fsp3) is 0.0638. The van der Waals surface area contributed by atoms with Crippen molar-refractivity contribution in [3.63, 3.8) is 0 Å². The van der Waals surface area contributed by atoms with E-state index in [1.54, 1.807) is 0 Å². The zero-order valence-corrected chi connectivity index (χ0v) is 28.4. The van der Waals surface area contributed by atoms with E-state index in [0.717, 1.165) is 44.9 Å². The van der Waals surface area contributed by atoms with Gasteiger partial charge in [0.15, 0.2) is 0 Å². The minimum atomic E-state index is -0.175. The van der Waals surface area contributed by atoms with E-state index in [0.29, 0.717) is 5.56 Å². The summed E-state index contributed by atoms with van der Waals surface area (Å²) in [4.78, 5) is 5.06. The van der Waals surface area contributed by atoms with E-state index in [1.165, 1.54) is 27.5 Å². The molecule has 0 spiro atoms. The highest BCUT2D eigenvalue weighted by atomic mass is 15.3. The molecule has 2 aliphatic heterocycles. The highest BCUT2D eigenvalue weighted by Crippen LogP contribution is 2.43. The Kier molecular flexibility index (Phi) is 8.13. The van der Waals surface area contributed by atoms with Gasteiger partial charge in [0.05, 0.1) is 17.7 Å².